The summed E-state index contributed by atoms with van der Waals surface area (Å²) in [5, 5.41) is 0. The zero-order valence-electron chi connectivity index (χ0n) is 9.59. The van der Waals surface area contributed by atoms with Gasteiger partial charge in [-0.3, -0.25) is 0 Å². The molecule has 0 fully saturated rings. The van der Waals surface area contributed by atoms with Gasteiger partial charge in [-0.15, -0.1) is 0 Å². The normalized spacial score (nSPS) is 18.0. The van der Waals surface area contributed by atoms with Crippen molar-refractivity contribution in [2.24, 2.45) is 0 Å². The molecule has 0 amide bonds. The molecule has 0 rings (SSSR count). The third-order valence-corrected chi connectivity index (χ3v) is 5.60. The van der Waals surface area contributed by atoms with Gasteiger partial charge in [-0.05, 0) is 26.6 Å². The molecule has 0 saturated carbocycles. The smallest absolute Gasteiger partial charge is 0.0277 e. The van der Waals surface area contributed by atoms with Crippen molar-refractivity contribution in [3.05, 3.63) is 0 Å². The molecule has 0 radical (unpaired) electrons. The van der Waals surface area contributed by atoms with Crippen molar-refractivity contribution in [2.75, 3.05) is 14.1 Å². The van der Waals surface area contributed by atoms with Crippen molar-refractivity contribution < 1.29 is 0 Å². The van der Waals surface area contributed by atoms with E-state index in [4.69, 9.17) is 0 Å². The van der Waals surface area contributed by atoms with Gasteiger partial charge in [-0.2, -0.15) is 0 Å². The van der Waals surface area contributed by atoms with Gasteiger partial charge in [0.2, 0.25) is 0 Å². The van der Waals surface area contributed by atoms with E-state index >= 15 is 0 Å². The molecule has 2 atom stereocenters. The summed E-state index contributed by atoms with van der Waals surface area (Å²) in [4.78, 5) is 2.36. The van der Waals surface area contributed by atoms with E-state index in [9.17, 15) is 0 Å². The standard InChI is InChI=1S/C10H25NSi/c1-7-10(12-8(2)3)9(4)11(5)6/h8-10H,7,12H2,1-6H3. The minimum Gasteiger partial charge on any atom is -0.307 e. The lowest BCUT2D eigenvalue weighted by Gasteiger charge is -2.29. The molecular weight excluding hydrogens is 162 g/mol. The molecule has 12 heavy (non-hydrogen) atoms. The number of nitrogens with zero attached hydrogens (tertiary/aromatic N) is 1. The van der Waals surface area contributed by atoms with Crippen LogP contribution in [0.2, 0.25) is 11.1 Å². The Bertz CT molecular complexity index is 112. The first-order valence-corrected chi connectivity index (χ1v) is 6.78. The summed E-state index contributed by atoms with van der Waals surface area (Å²) in [7, 11) is 4.52. The molecule has 0 saturated heterocycles. The Morgan fingerprint density at radius 1 is 1.17 bits per heavy atom. The number of rotatable bonds is 5. The second-order valence-corrected chi connectivity index (χ2v) is 7.66. The molecule has 0 aromatic rings. The van der Waals surface area contributed by atoms with E-state index in [1.54, 1.807) is 0 Å². The number of hydrogen-bond acceptors (Lipinski definition) is 1. The molecule has 74 valence electrons. The average Bonchev–Trinajstić information content (AvgIpc) is 1.98. The predicted molar refractivity (Wildman–Crippen MR) is 60.8 cm³/mol. The molecule has 0 aromatic heterocycles. The van der Waals surface area contributed by atoms with Crippen LogP contribution in [0.15, 0.2) is 0 Å². The summed E-state index contributed by atoms with van der Waals surface area (Å²) >= 11 is 0. The van der Waals surface area contributed by atoms with Crippen molar-refractivity contribution in [3.63, 3.8) is 0 Å². The largest absolute Gasteiger partial charge is 0.307 e. The van der Waals surface area contributed by atoms with Crippen molar-refractivity contribution >= 4 is 9.52 Å². The van der Waals surface area contributed by atoms with Gasteiger partial charge in [0.05, 0.1) is 0 Å². The van der Waals surface area contributed by atoms with Crippen molar-refractivity contribution in [3.8, 4) is 0 Å². The van der Waals surface area contributed by atoms with Gasteiger partial charge in [0.15, 0.2) is 0 Å². The zero-order chi connectivity index (χ0) is 9.72. The van der Waals surface area contributed by atoms with Gasteiger partial charge in [0, 0.05) is 15.6 Å². The Morgan fingerprint density at radius 3 is 1.92 bits per heavy atom. The van der Waals surface area contributed by atoms with E-state index in [2.05, 4.69) is 46.7 Å². The fraction of sp³-hybridized carbons (Fsp3) is 1.00. The van der Waals surface area contributed by atoms with Crippen LogP contribution < -0.4 is 0 Å². The van der Waals surface area contributed by atoms with Gasteiger partial charge in [0.1, 0.15) is 0 Å². The Kier molecular flexibility index (Phi) is 5.84. The molecule has 2 heteroatoms. The average molecular weight is 187 g/mol. The first kappa shape index (κ1) is 12.2. The van der Waals surface area contributed by atoms with Crippen LogP contribution in [0.5, 0.6) is 0 Å². The maximum Gasteiger partial charge on any atom is 0.0277 e. The number of hydrogen-bond donors (Lipinski definition) is 0. The maximum atomic E-state index is 2.37. The van der Waals surface area contributed by atoms with Crippen LogP contribution in [0.3, 0.4) is 0 Å². The van der Waals surface area contributed by atoms with E-state index in [-0.39, 0.29) is 9.52 Å². The van der Waals surface area contributed by atoms with Crippen LogP contribution in [0, 0.1) is 0 Å². The minimum atomic E-state index is 0.128. The van der Waals surface area contributed by atoms with Crippen molar-refractivity contribution in [1.29, 1.82) is 0 Å². The van der Waals surface area contributed by atoms with E-state index in [1.165, 1.54) is 6.42 Å². The second-order valence-electron chi connectivity index (χ2n) is 4.50. The zero-order valence-corrected chi connectivity index (χ0v) is 11.0. The summed E-state index contributed by atoms with van der Waals surface area (Å²) < 4.78 is 0. The molecule has 1 nitrogen and oxygen atoms in total. The molecule has 0 N–H and O–H groups in total. The first-order valence-electron chi connectivity index (χ1n) is 5.15. The topological polar surface area (TPSA) is 3.24 Å². The Labute approximate surface area is 80.4 Å². The van der Waals surface area contributed by atoms with Crippen LogP contribution in [0.1, 0.15) is 34.1 Å². The third-order valence-electron chi connectivity index (χ3n) is 2.80. The van der Waals surface area contributed by atoms with Crippen molar-refractivity contribution in [2.45, 2.75) is 51.2 Å². The fourth-order valence-electron chi connectivity index (χ4n) is 1.73. The highest BCUT2D eigenvalue weighted by molar-refractivity contribution is 6.39. The molecular formula is C10H25NSi. The molecule has 0 aliphatic heterocycles. The van der Waals surface area contributed by atoms with Gasteiger partial charge in [-0.1, -0.05) is 32.7 Å². The van der Waals surface area contributed by atoms with Gasteiger partial charge in [0.25, 0.3) is 0 Å². The minimum absolute atomic E-state index is 0.128. The van der Waals surface area contributed by atoms with E-state index in [1.807, 2.05) is 0 Å². The first-order chi connectivity index (χ1) is 5.49. The highest BCUT2D eigenvalue weighted by atomic mass is 28.2. The SMILES string of the molecule is CCC([SiH2]C(C)C)C(C)N(C)C. The molecule has 2 unspecified atom stereocenters. The third kappa shape index (κ3) is 4.26. The second kappa shape index (κ2) is 5.76. The summed E-state index contributed by atoms with van der Waals surface area (Å²) in [5.74, 6) is 0. The van der Waals surface area contributed by atoms with Crippen LogP contribution >= 0.6 is 0 Å². The lowest BCUT2D eigenvalue weighted by Crippen LogP contribution is -2.32. The summed E-state index contributed by atoms with van der Waals surface area (Å²) in [6.07, 6.45) is 1.36. The van der Waals surface area contributed by atoms with E-state index in [0.29, 0.717) is 0 Å². The molecule has 0 aliphatic rings. The maximum absolute atomic E-state index is 2.37. The molecule has 0 spiro atoms. The lowest BCUT2D eigenvalue weighted by molar-refractivity contribution is 0.295. The van der Waals surface area contributed by atoms with E-state index < -0.39 is 0 Å². The molecule has 0 heterocycles. The molecule has 0 bridgehead atoms. The van der Waals surface area contributed by atoms with Crippen LogP contribution in [-0.4, -0.2) is 34.6 Å². The summed E-state index contributed by atoms with van der Waals surface area (Å²) in [5.41, 5.74) is 1.97. The Balaban J connectivity index is 3.96. The summed E-state index contributed by atoms with van der Waals surface area (Å²) in [6, 6.07) is 0.782. The summed E-state index contributed by atoms with van der Waals surface area (Å²) in [6.45, 7) is 9.44. The lowest BCUT2D eigenvalue weighted by atomic mass is 10.2. The van der Waals surface area contributed by atoms with Gasteiger partial charge in [-0.25, -0.2) is 0 Å². The Morgan fingerprint density at radius 2 is 1.67 bits per heavy atom. The highest BCUT2D eigenvalue weighted by Crippen LogP contribution is 2.22. The van der Waals surface area contributed by atoms with Crippen LogP contribution in [0.4, 0.5) is 0 Å². The van der Waals surface area contributed by atoms with Crippen molar-refractivity contribution in [1.82, 2.24) is 4.90 Å². The van der Waals surface area contributed by atoms with E-state index in [0.717, 1.165) is 17.1 Å². The predicted octanol–water partition coefficient (Wildman–Crippen LogP) is 2.13. The quantitative estimate of drug-likeness (QED) is 0.596. The highest BCUT2D eigenvalue weighted by Gasteiger charge is 2.18. The fourth-order valence-corrected chi connectivity index (χ4v) is 4.09. The van der Waals surface area contributed by atoms with Gasteiger partial charge >= 0.3 is 0 Å². The monoisotopic (exact) mass is 187 g/mol. The Hall–Kier alpha value is 0.177. The molecule has 0 aliphatic carbocycles. The molecule has 0 aromatic carbocycles. The van der Waals surface area contributed by atoms with Gasteiger partial charge < -0.3 is 4.90 Å². The van der Waals surface area contributed by atoms with Crippen LogP contribution in [0.25, 0.3) is 0 Å². The van der Waals surface area contributed by atoms with Crippen LogP contribution in [-0.2, 0) is 0 Å².